The zero-order valence-electron chi connectivity index (χ0n) is 9.62. The molecule has 1 aromatic rings. The number of terminal acetylenes is 1. The molecule has 0 bridgehead atoms. The lowest BCUT2D eigenvalue weighted by atomic mass is 10.1. The molecule has 19 heavy (non-hydrogen) atoms. The Kier molecular flexibility index (Phi) is 3.53. The molecule has 0 aromatic carbocycles. The van der Waals surface area contributed by atoms with Gasteiger partial charge in [0.1, 0.15) is 17.8 Å². The lowest BCUT2D eigenvalue weighted by molar-refractivity contribution is -0.0491. The minimum atomic E-state index is -1.92. The Morgan fingerprint density at radius 1 is 1.58 bits per heavy atom. The maximum atomic E-state index is 13.8. The number of aromatic amines is 1. The van der Waals surface area contributed by atoms with Crippen LogP contribution < -0.4 is 11.2 Å². The Hall–Kier alpha value is -1.95. The van der Waals surface area contributed by atoms with E-state index in [1.54, 1.807) is 0 Å². The van der Waals surface area contributed by atoms with Crippen molar-refractivity contribution in [2.24, 2.45) is 0 Å². The first-order valence-corrected chi connectivity index (χ1v) is 5.40. The Morgan fingerprint density at radius 3 is 2.79 bits per heavy atom. The molecule has 1 aromatic heterocycles. The molecular formula is C11H11FN2O5. The summed E-state index contributed by atoms with van der Waals surface area (Å²) in [6, 6.07) is 0. The molecule has 2 rings (SSSR count). The molecule has 3 N–H and O–H groups in total. The normalized spacial score (nSPS) is 30.2. The molecule has 1 unspecified atom stereocenters. The van der Waals surface area contributed by atoms with Crippen LogP contribution >= 0.6 is 0 Å². The van der Waals surface area contributed by atoms with Crippen LogP contribution in [0.4, 0.5) is 4.39 Å². The molecular weight excluding hydrogens is 259 g/mol. The highest BCUT2D eigenvalue weighted by Crippen LogP contribution is 2.30. The first-order chi connectivity index (χ1) is 8.99. The monoisotopic (exact) mass is 270 g/mol. The zero-order chi connectivity index (χ0) is 14.2. The third kappa shape index (κ3) is 2.19. The molecule has 1 aliphatic rings. The van der Waals surface area contributed by atoms with Gasteiger partial charge in [-0.3, -0.25) is 14.3 Å². The van der Waals surface area contributed by atoms with E-state index in [2.05, 4.69) is 0 Å². The summed E-state index contributed by atoms with van der Waals surface area (Å²) < 4.78 is 19.6. The average molecular weight is 270 g/mol. The van der Waals surface area contributed by atoms with Crippen molar-refractivity contribution in [1.29, 1.82) is 0 Å². The topological polar surface area (TPSA) is 105 Å². The summed E-state index contributed by atoms with van der Waals surface area (Å²) in [4.78, 5) is 24.8. The van der Waals surface area contributed by atoms with Crippen molar-refractivity contribution in [2.75, 3.05) is 6.61 Å². The third-order valence-corrected chi connectivity index (χ3v) is 2.87. The van der Waals surface area contributed by atoms with E-state index in [0.29, 0.717) is 0 Å². The van der Waals surface area contributed by atoms with Gasteiger partial charge in [-0.1, -0.05) is 5.92 Å². The summed E-state index contributed by atoms with van der Waals surface area (Å²) in [6.07, 6.45) is -0.0400. The van der Waals surface area contributed by atoms with E-state index >= 15 is 0 Å². The number of ether oxygens (including phenoxy) is 1. The van der Waals surface area contributed by atoms with Crippen molar-refractivity contribution in [3.05, 3.63) is 32.6 Å². The van der Waals surface area contributed by atoms with Gasteiger partial charge in [-0.2, -0.15) is 0 Å². The third-order valence-electron chi connectivity index (χ3n) is 2.87. The van der Waals surface area contributed by atoms with Crippen LogP contribution in [0.1, 0.15) is 11.8 Å². The van der Waals surface area contributed by atoms with Crippen LogP contribution in [0.5, 0.6) is 0 Å². The minimum absolute atomic E-state index is 0.169. The average Bonchev–Trinajstić information content (AvgIpc) is 2.67. The fraction of sp³-hybridized carbons (Fsp3) is 0.455. The number of H-pyrrole nitrogens is 1. The summed E-state index contributed by atoms with van der Waals surface area (Å²) in [5.74, 6) is 2.04. The van der Waals surface area contributed by atoms with Gasteiger partial charge < -0.3 is 14.9 Å². The van der Waals surface area contributed by atoms with E-state index in [1.165, 1.54) is 0 Å². The number of nitrogens with zero attached hydrogens (tertiary/aromatic N) is 1. The fourth-order valence-corrected chi connectivity index (χ4v) is 1.86. The van der Waals surface area contributed by atoms with Gasteiger partial charge in [0.05, 0.1) is 6.61 Å². The van der Waals surface area contributed by atoms with Crippen molar-refractivity contribution >= 4 is 0 Å². The maximum absolute atomic E-state index is 13.8. The van der Waals surface area contributed by atoms with Gasteiger partial charge in [0.15, 0.2) is 12.4 Å². The molecule has 8 heteroatoms. The first-order valence-electron chi connectivity index (χ1n) is 5.40. The van der Waals surface area contributed by atoms with Crippen molar-refractivity contribution in [3.63, 3.8) is 0 Å². The summed E-state index contributed by atoms with van der Waals surface area (Å²) >= 11 is 0. The molecule has 1 saturated heterocycles. The number of aromatic nitrogens is 2. The molecule has 2 heterocycles. The van der Waals surface area contributed by atoms with Gasteiger partial charge in [-0.25, -0.2) is 9.18 Å². The lowest BCUT2D eigenvalue weighted by Gasteiger charge is -2.15. The molecule has 1 aliphatic heterocycles. The smallest absolute Gasteiger partial charge is 0.330 e. The van der Waals surface area contributed by atoms with Gasteiger partial charge in [-0.15, -0.1) is 6.42 Å². The molecule has 7 nitrogen and oxygen atoms in total. The van der Waals surface area contributed by atoms with Crippen molar-refractivity contribution in [1.82, 2.24) is 9.55 Å². The van der Waals surface area contributed by atoms with Crippen LogP contribution in [0.3, 0.4) is 0 Å². The highest BCUT2D eigenvalue weighted by Gasteiger charge is 2.45. The number of hydrogen-bond acceptors (Lipinski definition) is 5. The van der Waals surface area contributed by atoms with Crippen LogP contribution in [-0.2, 0) is 4.74 Å². The molecule has 102 valence electrons. The number of hydrogen-bond donors (Lipinski definition) is 3. The fourth-order valence-electron chi connectivity index (χ4n) is 1.86. The predicted octanol–water partition coefficient (Wildman–Crippen LogP) is -1.89. The largest absolute Gasteiger partial charge is 0.394 e. The number of aliphatic hydroxyl groups is 2. The molecule has 0 spiro atoms. The van der Waals surface area contributed by atoms with Gasteiger partial charge >= 0.3 is 5.69 Å². The summed E-state index contributed by atoms with van der Waals surface area (Å²) in [7, 11) is 0. The second kappa shape index (κ2) is 4.97. The van der Waals surface area contributed by atoms with Crippen molar-refractivity contribution < 1.29 is 19.3 Å². The van der Waals surface area contributed by atoms with Crippen LogP contribution in [0.2, 0.25) is 0 Å². The quantitative estimate of drug-likeness (QED) is 0.545. The van der Waals surface area contributed by atoms with Crippen LogP contribution in [0.25, 0.3) is 0 Å². The van der Waals surface area contributed by atoms with Gasteiger partial charge in [-0.05, 0) is 0 Å². The number of rotatable bonds is 2. The second-order valence-electron chi connectivity index (χ2n) is 4.04. The van der Waals surface area contributed by atoms with E-state index in [9.17, 15) is 19.1 Å². The number of alkyl halides is 1. The van der Waals surface area contributed by atoms with E-state index in [4.69, 9.17) is 16.3 Å². The Balaban J connectivity index is 2.46. The molecule has 1 fully saturated rings. The zero-order valence-corrected chi connectivity index (χ0v) is 9.62. The molecule has 4 atom stereocenters. The molecule has 0 saturated carbocycles. The Bertz CT molecular complexity index is 631. The molecule has 0 radical (unpaired) electrons. The van der Waals surface area contributed by atoms with Crippen molar-refractivity contribution in [3.8, 4) is 12.3 Å². The van der Waals surface area contributed by atoms with Crippen LogP contribution in [0, 0.1) is 12.3 Å². The summed E-state index contributed by atoms with van der Waals surface area (Å²) in [5, 5.41) is 18.4. The Labute approximate surface area is 106 Å². The summed E-state index contributed by atoms with van der Waals surface area (Å²) in [6.45, 7) is -0.599. The second-order valence-corrected chi connectivity index (χ2v) is 4.04. The van der Waals surface area contributed by atoms with Crippen LogP contribution in [0.15, 0.2) is 15.8 Å². The highest BCUT2D eigenvalue weighted by atomic mass is 19.1. The van der Waals surface area contributed by atoms with E-state index in [0.717, 1.165) is 10.8 Å². The number of halogens is 1. The minimum Gasteiger partial charge on any atom is -0.394 e. The lowest BCUT2D eigenvalue weighted by Crippen LogP contribution is -2.37. The summed E-state index contributed by atoms with van der Waals surface area (Å²) in [5.41, 5.74) is -1.85. The van der Waals surface area contributed by atoms with E-state index in [1.807, 2.05) is 10.9 Å². The highest BCUT2D eigenvalue weighted by molar-refractivity contribution is 5.26. The predicted molar refractivity (Wildman–Crippen MR) is 61.2 cm³/mol. The van der Waals surface area contributed by atoms with Crippen LogP contribution in [-0.4, -0.2) is 44.8 Å². The van der Waals surface area contributed by atoms with Gasteiger partial charge in [0, 0.05) is 6.20 Å². The van der Waals surface area contributed by atoms with Crippen molar-refractivity contribution in [2.45, 2.75) is 24.6 Å². The van der Waals surface area contributed by atoms with E-state index in [-0.39, 0.29) is 5.56 Å². The number of nitrogens with one attached hydrogen (secondary N) is 1. The number of aliphatic hydroxyl groups excluding tert-OH is 2. The Morgan fingerprint density at radius 2 is 2.26 bits per heavy atom. The maximum Gasteiger partial charge on any atom is 0.330 e. The van der Waals surface area contributed by atoms with Gasteiger partial charge in [0.2, 0.25) is 0 Å². The van der Waals surface area contributed by atoms with E-state index < -0.39 is 42.5 Å². The molecule has 0 aliphatic carbocycles. The van der Waals surface area contributed by atoms with Gasteiger partial charge in [0.25, 0.3) is 5.56 Å². The standard InChI is InChI=1S/C11H11FN2O5/c1-2-5-3-14(11(18)13-9(5)17)10-7(12)8(16)6(4-15)19-10/h1,3,6-8,10,15-16H,4H2,(H,13,17,18)/t6-,7?,8-,10-/m1/s1. The first kappa shape index (κ1) is 13.5. The SMILES string of the molecule is C#Cc1cn([C@@H]2O[C@H](CO)[C@@H](O)C2F)c(=O)[nH]c1=O. The molecule has 0 amide bonds.